The summed E-state index contributed by atoms with van der Waals surface area (Å²) in [5.41, 5.74) is 3.11. The van der Waals surface area contributed by atoms with Crippen LogP contribution in [-0.2, 0) is 16.0 Å². The number of benzene rings is 1. The van der Waals surface area contributed by atoms with Crippen molar-refractivity contribution in [2.24, 2.45) is 0 Å². The number of ether oxygens (including phenoxy) is 2. The van der Waals surface area contributed by atoms with Gasteiger partial charge in [-0.1, -0.05) is 12.1 Å². The highest BCUT2D eigenvalue weighted by Gasteiger charge is 2.22. The fourth-order valence-electron chi connectivity index (χ4n) is 4.46. The van der Waals surface area contributed by atoms with Crippen molar-refractivity contribution < 1.29 is 14.3 Å². The number of nitrogens with one attached hydrogen (secondary N) is 1. The number of nitrogens with zero attached hydrogens (tertiary/aromatic N) is 7. The minimum Gasteiger partial charge on any atom is -0.462 e. The Balaban J connectivity index is 1.35. The Hall–Kier alpha value is -4.16. The van der Waals surface area contributed by atoms with Gasteiger partial charge in [-0.15, -0.1) is 11.3 Å². The highest BCUT2D eigenvalue weighted by molar-refractivity contribution is 7.19. The van der Waals surface area contributed by atoms with Gasteiger partial charge in [0, 0.05) is 48.4 Å². The van der Waals surface area contributed by atoms with Gasteiger partial charge in [-0.3, -0.25) is 5.10 Å². The van der Waals surface area contributed by atoms with E-state index in [1.54, 1.807) is 18.3 Å². The van der Waals surface area contributed by atoms with Gasteiger partial charge in [-0.05, 0) is 19.1 Å². The molecule has 194 valence electrons. The summed E-state index contributed by atoms with van der Waals surface area (Å²) < 4.78 is 11.7. The predicted octanol–water partition coefficient (Wildman–Crippen LogP) is 3.67. The number of esters is 1. The lowest BCUT2D eigenvalue weighted by molar-refractivity contribution is 0.0525. The summed E-state index contributed by atoms with van der Waals surface area (Å²) in [5.74, 6) is 1.67. The third-order valence-electron chi connectivity index (χ3n) is 6.32. The van der Waals surface area contributed by atoms with E-state index >= 15 is 0 Å². The van der Waals surface area contributed by atoms with Gasteiger partial charge in [-0.25, -0.2) is 24.7 Å². The largest absolute Gasteiger partial charge is 0.462 e. The Bertz CT molecular complexity index is 1590. The zero-order valence-corrected chi connectivity index (χ0v) is 21.9. The fourth-order valence-corrected chi connectivity index (χ4v) is 5.62. The van der Waals surface area contributed by atoms with Gasteiger partial charge in [0.2, 0.25) is 5.95 Å². The Morgan fingerprint density at radius 3 is 2.79 bits per heavy atom. The molecule has 1 N–H and O–H groups in total. The number of H-pyrrole nitrogens is 1. The van der Waals surface area contributed by atoms with Crippen molar-refractivity contribution in [2.45, 2.75) is 13.5 Å². The van der Waals surface area contributed by atoms with Crippen LogP contribution in [0.4, 0.5) is 11.8 Å². The lowest BCUT2D eigenvalue weighted by Gasteiger charge is -2.28. The molecule has 0 spiro atoms. The number of hydrogen-bond donors (Lipinski definition) is 1. The van der Waals surface area contributed by atoms with Crippen LogP contribution in [0.25, 0.3) is 32.5 Å². The summed E-state index contributed by atoms with van der Waals surface area (Å²) in [4.78, 5) is 36.0. The van der Waals surface area contributed by atoms with Crippen molar-refractivity contribution in [2.75, 3.05) is 49.8 Å². The molecule has 1 aromatic carbocycles. The number of aromatic amines is 1. The molecule has 1 saturated heterocycles. The molecule has 1 fully saturated rings. The molecule has 5 heterocycles. The highest BCUT2D eigenvalue weighted by Crippen LogP contribution is 2.36. The zero-order valence-electron chi connectivity index (χ0n) is 21.0. The van der Waals surface area contributed by atoms with E-state index < -0.39 is 5.97 Å². The summed E-state index contributed by atoms with van der Waals surface area (Å²) in [6.07, 6.45) is 4.80. The summed E-state index contributed by atoms with van der Waals surface area (Å²) in [6, 6.07) is 8.11. The molecule has 0 aliphatic carbocycles. The maximum atomic E-state index is 11.9. The number of morpholine rings is 1. The molecule has 0 atom stereocenters. The first-order valence-electron chi connectivity index (χ1n) is 12.4. The standard InChI is InChI=1S/C26H26N8O3S/c1-3-37-25(35)16-12-27-26(28-13-16)33(2)15-17-11-21-22(38-17)24(34-7-9-36-10-8-34)31-23(30-21)18-5-4-6-20-19(18)14-29-32-20/h4-6,11-14H,3,7-10,15H2,1-2H3,(H,29,32). The van der Waals surface area contributed by atoms with Crippen LogP contribution in [0.1, 0.15) is 22.2 Å². The summed E-state index contributed by atoms with van der Waals surface area (Å²) >= 11 is 1.67. The smallest absolute Gasteiger partial charge is 0.341 e. The van der Waals surface area contributed by atoms with Crippen molar-refractivity contribution in [1.29, 1.82) is 0 Å². The molecule has 38 heavy (non-hydrogen) atoms. The van der Waals surface area contributed by atoms with Crippen molar-refractivity contribution in [3.05, 3.63) is 53.3 Å². The minimum absolute atomic E-state index is 0.306. The van der Waals surface area contributed by atoms with E-state index in [2.05, 4.69) is 31.1 Å². The van der Waals surface area contributed by atoms with E-state index in [1.165, 1.54) is 12.4 Å². The first kappa shape index (κ1) is 24.2. The number of aromatic nitrogens is 6. The topological polar surface area (TPSA) is 122 Å². The second kappa shape index (κ2) is 10.3. The van der Waals surface area contributed by atoms with Crippen LogP contribution >= 0.6 is 11.3 Å². The molecule has 1 aliphatic heterocycles. The van der Waals surface area contributed by atoms with Gasteiger partial charge in [-0.2, -0.15) is 5.10 Å². The molecule has 1 aliphatic rings. The SMILES string of the molecule is CCOC(=O)c1cnc(N(C)Cc2cc3nc(-c4cccc5[nH]ncc45)nc(N4CCOCC4)c3s2)nc1. The van der Waals surface area contributed by atoms with Crippen molar-refractivity contribution in [3.8, 4) is 11.4 Å². The molecule has 11 nitrogen and oxygen atoms in total. The molecular formula is C26H26N8O3S. The second-order valence-corrected chi connectivity index (χ2v) is 10.0. The number of thiophene rings is 1. The number of fused-ring (bicyclic) bond motifs is 2. The fraction of sp³-hybridized carbons (Fsp3) is 0.308. The van der Waals surface area contributed by atoms with E-state index in [1.807, 2.05) is 36.3 Å². The van der Waals surface area contributed by atoms with Gasteiger partial charge >= 0.3 is 5.97 Å². The molecule has 12 heteroatoms. The number of carbonyl (C=O) groups excluding carboxylic acids is 1. The molecule has 0 unspecified atom stereocenters. The first-order valence-corrected chi connectivity index (χ1v) is 13.2. The lowest BCUT2D eigenvalue weighted by atomic mass is 10.1. The van der Waals surface area contributed by atoms with Crippen LogP contribution in [0, 0.1) is 0 Å². The van der Waals surface area contributed by atoms with Gasteiger partial charge in [0.15, 0.2) is 11.6 Å². The monoisotopic (exact) mass is 530 g/mol. The van der Waals surface area contributed by atoms with Crippen LogP contribution in [0.2, 0.25) is 0 Å². The van der Waals surface area contributed by atoms with Crippen LogP contribution in [-0.4, -0.2) is 76.1 Å². The maximum absolute atomic E-state index is 11.9. The van der Waals surface area contributed by atoms with Crippen LogP contribution in [0.5, 0.6) is 0 Å². The van der Waals surface area contributed by atoms with E-state index in [0.717, 1.165) is 50.5 Å². The van der Waals surface area contributed by atoms with Gasteiger partial charge < -0.3 is 19.3 Å². The van der Waals surface area contributed by atoms with E-state index in [0.29, 0.717) is 43.7 Å². The maximum Gasteiger partial charge on any atom is 0.341 e. The van der Waals surface area contributed by atoms with Crippen molar-refractivity contribution in [3.63, 3.8) is 0 Å². The Morgan fingerprint density at radius 1 is 1.18 bits per heavy atom. The lowest BCUT2D eigenvalue weighted by Crippen LogP contribution is -2.36. The van der Waals surface area contributed by atoms with Crippen LogP contribution < -0.4 is 9.80 Å². The summed E-state index contributed by atoms with van der Waals surface area (Å²) in [6.45, 7) is 5.53. The normalized spacial score (nSPS) is 13.8. The summed E-state index contributed by atoms with van der Waals surface area (Å²) in [7, 11) is 1.92. The molecule has 5 aromatic rings. The third-order valence-corrected chi connectivity index (χ3v) is 7.43. The highest BCUT2D eigenvalue weighted by atomic mass is 32.1. The number of carbonyl (C=O) groups is 1. The van der Waals surface area contributed by atoms with Crippen molar-refractivity contribution in [1.82, 2.24) is 30.1 Å². The summed E-state index contributed by atoms with van der Waals surface area (Å²) in [5, 5.41) is 8.22. The second-order valence-electron chi connectivity index (χ2n) is 8.88. The zero-order chi connectivity index (χ0) is 26.1. The number of hydrogen-bond acceptors (Lipinski definition) is 11. The molecule has 0 bridgehead atoms. The Kier molecular flexibility index (Phi) is 6.56. The van der Waals surface area contributed by atoms with E-state index in [4.69, 9.17) is 19.4 Å². The molecule has 0 amide bonds. The predicted molar refractivity (Wildman–Crippen MR) is 146 cm³/mol. The van der Waals surface area contributed by atoms with Gasteiger partial charge in [0.25, 0.3) is 0 Å². The molecule has 0 radical (unpaired) electrons. The number of rotatable bonds is 7. The van der Waals surface area contributed by atoms with Crippen LogP contribution in [0.3, 0.4) is 0 Å². The molecule has 0 saturated carbocycles. The van der Waals surface area contributed by atoms with Crippen molar-refractivity contribution >= 4 is 50.2 Å². The quantitative estimate of drug-likeness (QED) is 0.312. The average molecular weight is 531 g/mol. The molecule has 4 aromatic heterocycles. The average Bonchev–Trinajstić information content (AvgIpc) is 3.60. The number of anilines is 2. The Labute approximate surface area is 222 Å². The van der Waals surface area contributed by atoms with Gasteiger partial charge in [0.1, 0.15) is 0 Å². The molecular weight excluding hydrogens is 504 g/mol. The van der Waals surface area contributed by atoms with E-state index in [9.17, 15) is 4.79 Å². The van der Waals surface area contributed by atoms with Crippen LogP contribution in [0.15, 0.2) is 42.9 Å². The van der Waals surface area contributed by atoms with Gasteiger partial charge in [0.05, 0.1) is 53.9 Å². The van der Waals surface area contributed by atoms with E-state index in [-0.39, 0.29) is 0 Å². The molecule has 6 rings (SSSR count). The first-order chi connectivity index (χ1) is 18.6. The minimum atomic E-state index is -0.428. The third kappa shape index (κ3) is 4.63. The Morgan fingerprint density at radius 2 is 2.00 bits per heavy atom.